The van der Waals surface area contributed by atoms with Crippen molar-refractivity contribution in [1.82, 2.24) is 38.7 Å². The van der Waals surface area contributed by atoms with Gasteiger partial charge in [-0.05, 0) is 146 Å². The number of ketones is 4. The summed E-state index contributed by atoms with van der Waals surface area (Å²) in [6.07, 6.45) is 9.95. The van der Waals surface area contributed by atoms with Crippen molar-refractivity contribution in [1.29, 1.82) is 0 Å². The van der Waals surface area contributed by atoms with Crippen LogP contribution in [0.4, 0.5) is 39.9 Å². The van der Waals surface area contributed by atoms with E-state index in [1.54, 1.807) is 179 Å². The summed E-state index contributed by atoms with van der Waals surface area (Å²) < 4.78 is 3.45. The van der Waals surface area contributed by atoms with Gasteiger partial charge in [0, 0.05) is 96.5 Å². The topological polar surface area (TPSA) is 375 Å². The molecule has 0 spiro atoms. The molecule has 8 heterocycles. The SMILES string of the molecule is CC(C)(C)C(=O)c1cc2cc(NC(=O)c3ccc(N)cc3)cnc2[nH]1.CC(C)(C)C(=O)c1cc2cc(NC(=O)c3ccc(N)cc3)ncc2[nH]1.CC(C)(C)C(=O)c1cn2cc(NC(=O)c3ccc(N)cc3)ccc2n1.CC(C)(C)C(=O)c1cn2cc(NC(=O)c3ccc(O)cc3)ccc2n1. The Balaban J connectivity index is 0.000000156. The maximum Gasteiger partial charge on any atom is 0.256 e. The molecule has 0 saturated heterocycles. The number of phenols is 1. The van der Waals surface area contributed by atoms with Crippen molar-refractivity contribution in [3.8, 4) is 5.75 Å². The van der Waals surface area contributed by atoms with E-state index in [0.717, 1.165) is 16.3 Å². The van der Waals surface area contributed by atoms with Crippen LogP contribution in [0.1, 0.15) is 166 Å². The van der Waals surface area contributed by atoms with Crippen LogP contribution in [0, 0.1) is 21.7 Å². The van der Waals surface area contributed by atoms with E-state index >= 15 is 0 Å². The van der Waals surface area contributed by atoms with Gasteiger partial charge in [0.15, 0.2) is 23.1 Å². The lowest BCUT2D eigenvalue weighted by molar-refractivity contribution is 0.0848. The van der Waals surface area contributed by atoms with Crippen molar-refractivity contribution < 1.29 is 43.5 Å². The molecular formula is C76H79N15O9. The van der Waals surface area contributed by atoms with Gasteiger partial charge in [-0.1, -0.05) is 83.1 Å². The number of H-pyrrole nitrogens is 2. The highest BCUT2D eigenvalue weighted by Gasteiger charge is 2.29. The van der Waals surface area contributed by atoms with Crippen LogP contribution in [0.15, 0.2) is 183 Å². The monoisotopic (exact) mass is 1350 g/mol. The second-order valence-corrected chi connectivity index (χ2v) is 27.8. The van der Waals surface area contributed by atoms with Gasteiger partial charge in [0.05, 0.1) is 46.4 Å². The van der Waals surface area contributed by atoms with Crippen molar-refractivity contribution in [2.45, 2.75) is 83.1 Å². The number of aromatic amines is 2. The molecule has 0 aliphatic heterocycles. The molecule has 100 heavy (non-hydrogen) atoms. The number of amides is 4. The Morgan fingerprint density at radius 1 is 0.390 bits per heavy atom. The van der Waals surface area contributed by atoms with Gasteiger partial charge in [0.2, 0.25) is 0 Å². The Morgan fingerprint density at radius 2 is 0.760 bits per heavy atom. The number of aromatic nitrogens is 8. The molecule has 0 unspecified atom stereocenters. The van der Waals surface area contributed by atoms with Crippen molar-refractivity contribution in [3.05, 3.63) is 228 Å². The predicted octanol–water partition coefficient (Wildman–Crippen LogP) is 14.2. The number of carbonyl (C=O) groups excluding carboxylic acids is 8. The normalized spacial score (nSPS) is 11.5. The van der Waals surface area contributed by atoms with Crippen LogP contribution in [0.2, 0.25) is 0 Å². The zero-order chi connectivity index (χ0) is 72.8. The molecule has 8 aromatic heterocycles. The quantitative estimate of drug-likeness (QED) is 0.0401. The van der Waals surface area contributed by atoms with Gasteiger partial charge >= 0.3 is 0 Å². The number of hydrogen-bond donors (Lipinski definition) is 10. The Morgan fingerprint density at radius 3 is 1.17 bits per heavy atom. The second kappa shape index (κ2) is 29.0. The maximum atomic E-state index is 12.4. The highest BCUT2D eigenvalue weighted by molar-refractivity contribution is 6.09. The number of nitrogens with one attached hydrogen (secondary N) is 6. The highest BCUT2D eigenvalue weighted by atomic mass is 16.3. The molecule has 512 valence electrons. The number of nitrogens with two attached hydrogens (primary N) is 3. The number of imidazole rings is 2. The molecule has 0 saturated carbocycles. The second-order valence-electron chi connectivity index (χ2n) is 27.8. The molecule has 24 nitrogen and oxygen atoms in total. The van der Waals surface area contributed by atoms with Crippen LogP contribution >= 0.6 is 0 Å². The van der Waals surface area contributed by atoms with E-state index < -0.39 is 21.7 Å². The minimum atomic E-state index is -0.506. The lowest BCUT2D eigenvalue weighted by atomic mass is 9.89. The molecule has 4 aromatic carbocycles. The molecule has 0 atom stereocenters. The summed E-state index contributed by atoms with van der Waals surface area (Å²) in [5, 5.41) is 22.0. The summed E-state index contributed by atoms with van der Waals surface area (Å²) in [5.41, 5.74) is 24.9. The number of nitrogen functional groups attached to an aromatic ring is 3. The van der Waals surface area contributed by atoms with Gasteiger partial charge in [-0.3, -0.25) is 38.4 Å². The predicted molar refractivity (Wildman–Crippen MR) is 390 cm³/mol. The van der Waals surface area contributed by atoms with Gasteiger partial charge in [-0.25, -0.2) is 19.9 Å². The number of benzene rings is 4. The molecule has 13 N–H and O–H groups in total. The first-order chi connectivity index (χ1) is 46.9. The fourth-order valence-electron chi connectivity index (χ4n) is 9.67. The number of phenolic OH excluding ortho intramolecular Hbond substituents is 1. The first-order valence-corrected chi connectivity index (χ1v) is 31.7. The number of pyridine rings is 4. The van der Waals surface area contributed by atoms with E-state index in [4.69, 9.17) is 17.2 Å². The molecule has 4 amide bonds. The van der Waals surface area contributed by atoms with E-state index in [2.05, 4.69) is 51.2 Å². The third kappa shape index (κ3) is 18.1. The summed E-state index contributed by atoms with van der Waals surface area (Å²) in [5.74, 6) is -0.536. The fraction of sp³-hybridized carbons (Fsp3) is 0.211. The lowest BCUT2D eigenvalue weighted by Gasteiger charge is -2.14. The van der Waals surface area contributed by atoms with Crippen molar-refractivity contribution in [3.63, 3.8) is 0 Å². The average Bonchev–Trinajstić information content (AvgIpc) is 1.67. The van der Waals surface area contributed by atoms with Crippen LogP contribution in [0.25, 0.3) is 33.2 Å². The number of fused-ring (bicyclic) bond motifs is 4. The average molecular weight is 1350 g/mol. The summed E-state index contributed by atoms with van der Waals surface area (Å²) in [4.78, 5) is 122. The molecule has 12 rings (SSSR count). The largest absolute Gasteiger partial charge is 0.508 e. The summed E-state index contributed by atoms with van der Waals surface area (Å²) in [7, 11) is 0. The Labute approximate surface area is 576 Å². The van der Waals surface area contributed by atoms with Crippen LogP contribution < -0.4 is 38.5 Å². The molecule has 24 heteroatoms. The van der Waals surface area contributed by atoms with Crippen molar-refractivity contribution in [2.75, 3.05) is 38.5 Å². The van der Waals surface area contributed by atoms with Gasteiger partial charge < -0.3 is 62.3 Å². The van der Waals surface area contributed by atoms with Gasteiger partial charge in [0.1, 0.15) is 39.9 Å². The maximum absolute atomic E-state index is 12.4. The molecule has 0 fully saturated rings. The summed E-state index contributed by atoms with van der Waals surface area (Å²) in [6, 6.07) is 40.0. The van der Waals surface area contributed by atoms with Gasteiger partial charge in [-0.2, -0.15) is 0 Å². The number of nitrogens with zero attached hydrogens (tertiary/aromatic N) is 6. The van der Waals surface area contributed by atoms with E-state index in [1.165, 1.54) is 12.1 Å². The number of carbonyl (C=O) groups is 8. The number of aromatic hydroxyl groups is 1. The summed E-state index contributed by atoms with van der Waals surface area (Å²) >= 11 is 0. The highest BCUT2D eigenvalue weighted by Crippen LogP contribution is 2.29. The molecule has 0 radical (unpaired) electrons. The van der Waals surface area contributed by atoms with Gasteiger partial charge in [0.25, 0.3) is 23.6 Å². The smallest absolute Gasteiger partial charge is 0.256 e. The first-order valence-electron chi connectivity index (χ1n) is 31.7. The van der Waals surface area contributed by atoms with Crippen LogP contribution in [-0.2, 0) is 0 Å². The fourth-order valence-corrected chi connectivity index (χ4v) is 9.67. The first kappa shape index (κ1) is 71.7. The van der Waals surface area contributed by atoms with E-state index in [1.807, 2.05) is 83.1 Å². The third-order valence-corrected chi connectivity index (χ3v) is 15.2. The molecule has 0 aliphatic rings. The number of anilines is 7. The molecular weight excluding hydrogens is 1270 g/mol. The summed E-state index contributed by atoms with van der Waals surface area (Å²) in [6.45, 7) is 22.3. The Bertz CT molecular complexity index is 4440. The molecule has 12 aromatic rings. The third-order valence-electron chi connectivity index (χ3n) is 15.2. The van der Waals surface area contributed by atoms with Crippen LogP contribution in [-0.4, -0.2) is 90.6 Å². The van der Waals surface area contributed by atoms with Crippen LogP contribution in [0.5, 0.6) is 5.75 Å². The minimum Gasteiger partial charge on any atom is -0.508 e. The number of hydrogen-bond acceptors (Lipinski definition) is 16. The van der Waals surface area contributed by atoms with E-state index in [0.29, 0.717) is 102 Å². The zero-order valence-corrected chi connectivity index (χ0v) is 57.4. The number of Topliss-reactive ketones (excluding diaryl/α,β-unsaturated/α-hetero) is 4. The lowest BCUT2D eigenvalue weighted by Crippen LogP contribution is -2.20. The van der Waals surface area contributed by atoms with Crippen molar-refractivity contribution >= 4 is 120 Å². The zero-order valence-electron chi connectivity index (χ0n) is 57.4. The standard InChI is InChI=1S/3C19H20N4O2.C19H19N3O3/c1-19(2,3)17(24)14-8-12-9-16(21-10-15(12)22-14)23-18(25)11-4-6-13(20)7-5-11;1-19(2,3)16(24)15-9-12-8-14(10-21-17(12)23-15)22-18(25)11-4-6-13(20)7-5-11;1-19(2,3)17(24)15-11-23-10-14(8-9-16(23)22-15)21-18(25)12-4-6-13(20)7-5-12;1-19(2,3)17(24)15-11-22-10-13(6-9-16(22)21-15)20-18(25)12-4-7-14(23)8-5-12/h4-10,22H,20H2,1-3H3,(H,21,23,25);4-10H,20H2,1-3H3,(H,21,23)(H,22,25);4-11H,20H2,1-3H3,(H,21,25);4-11,23H,1-3H3,(H,20,25). The Kier molecular flexibility index (Phi) is 20.8. The number of rotatable bonds is 12. The van der Waals surface area contributed by atoms with Crippen molar-refractivity contribution in [2.24, 2.45) is 21.7 Å². The molecule has 0 aliphatic carbocycles. The van der Waals surface area contributed by atoms with Gasteiger partial charge in [-0.15, -0.1) is 0 Å². The minimum absolute atomic E-state index is 0.0120. The van der Waals surface area contributed by atoms with E-state index in [9.17, 15) is 43.5 Å². The Hall–Kier alpha value is -12.6. The van der Waals surface area contributed by atoms with Crippen LogP contribution in [0.3, 0.4) is 0 Å². The molecule has 0 bridgehead atoms. The van der Waals surface area contributed by atoms with E-state index in [-0.39, 0.29) is 52.5 Å².